The van der Waals surface area contributed by atoms with Crippen LogP contribution in [0.1, 0.15) is 18.5 Å². The molecule has 0 spiro atoms. The second-order valence-corrected chi connectivity index (χ2v) is 4.95. The standard InChI is InChI=1S/C15H16ClFN2/c1-10(12-5-3-4-6-13(12)17)19(2)15-8-7-11(16)9-14(15)18/h3-10H,18H2,1-2H3. The van der Waals surface area contributed by atoms with Crippen LogP contribution in [0.25, 0.3) is 0 Å². The molecule has 100 valence electrons. The summed E-state index contributed by atoms with van der Waals surface area (Å²) in [6.45, 7) is 1.94. The fourth-order valence-electron chi connectivity index (χ4n) is 2.08. The van der Waals surface area contributed by atoms with Crippen LogP contribution < -0.4 is 10.6 Å². The Morgan fingerprint density at radius 2 is 1.89 bits per heavy atom. The van der Waals surface area contributed by atoms with Gasteiger partial charge in [0, 0.05) is 17.6 Å². The van der Waals surface area contributed by atoms with Crippen LogP contribution in [0, 0.1) is 5.82 Å². The van der Waals surface area contributed by atoms with Crippen LogP contribution in [0.4, 0.5) is 15.8 Å². The van der Waals surface area contributed by atoms with E-state index in [-0.39, 0.29) is 11.9 Å². The van der Waals surface area contributed by atoms with E-state index in [9.17, 15) is 4.39 Å². The Bertz CT molecular complexity index is 586. The molecule has 2 nitrogen and oxygen atoms in total. The Balaban J connectivity index is 2.33. The zero-order valence-corrected chi connectivity index (χ0v) is 11.7. The van der Waals surface area contributed by atoms with Crippen molar-refractivity contribution in [2.75, 3.05) is 17.7 Å². The molecule has 2 rings (SSSR count). The zero-order valence-electron chi connectivity index (χ0n) is 10.9. The molecule has 0 saturated heterocycles. The molecule has 0 saturated carbocycles. The number of nitrogen functional groups attached to an aromatic ring is 1. The number of hydrogen-bond acceptors (Lipinski definition) is 2. The van der Waals surface area contributed by atoms with Gasteiger partial charge in [-0.25, -0.2) is 4.39 Å². The van der Waals surface area contributed by atoms with E-state index in [0.717, 1.165) is 5.69 Å². The molecule has 0 radical (unpaired) electrons. The van der Waals surface area contributed by atoms with E-state index in [1.807, 2.05) is 31.0 Å². The van der Waals surface area contributed by atoms with Crippen molar-refractivity contribution in [3.8, 4) is 0 Å². The lowest BCUT2D eigenvalue weighted by atomic mass is 10.1. The van der Waals surface area contributed by atoms with Crippen molar-refractivity contribution in [3.63, 3.8) is 0 Å². The highest BCUT2D eigenvalue weighted by atomic mass is 35.5. The van der Waals surface area contributed by atoms with Crippen LogP contribution in [0.2, 0.25) is 5.02 Å². The van der Waals surface area contributed by atoms with Gasteiger partial charge < -0.3 is 10.6 Å². The first-order valence-electron chi connectivity index (χ1n) is 6.03. The average molecular weight is 279 g/mol. The maximum atomic E-state index is 13.8. The number of anilines is 2. The van der Waals surface area contributed by atoms with Gasteiger partial charge in [0.1, 0.15) is 5.82 Å². The number of hydrogen-bond donors (Lipinski definition) is 1. The lowest BCUT2D eigenvalue weighted by Gasteiger charge is -2.28. The molecule has 0 bridgehead atoms. The summed E-state index contributed by atoms with van der Waals surface area (Å²) in [5.74, 6) is -0.214. The van der Waals surface area contributed by atoms with Crippen molar-refractivity contribution < 1.29 is 4.39 Å². The van der Waals surface area contributed by atoms with Gasteiger partial charge in [0.25, 0.3) is 0 Å². The summed E-state index contributed by atoms with van der Waals surface area (Å²) < 4.78 is 13.8. The summed E-state index contributed by atoms with van der Waals surface area (Å²) in [6, 6.07) is 11.9. The minimum atomic E-state index is -0.214. The third-order valence-corrected chi connectivity index (χ3v) is 3.54. The average Bonchev–Trinajstić information content (AvgIpc) is 2.38. The van der Waals surface area contributed by atoms with Crippen molar-refractivity contribution in [1.29, 1.82) is 0 Å². The molecular weight excluding hydrogens is 263 g/mol. The monoisotopic (exact) mass is 278 g/mol. The van der Waals surface area contributed by atoms with Gasteiger partial charge in [-0.05, 0) is 31.2 Å². The van der Waals surface area contributed by atoms with Crippen molar-refractivity contribution in [2.24, 2.45) is 0 Å². The lowest BCUT2D eigenvalue weighted by molar-refractivity contribution is 0.585. The van der Waals surface area contributed by atoms with Crippen LogP contribution in [0.5, 0.6) is 0 Å². The van der Waals surface area contributed by atoms with Gasteiger partial charge >= 0.3 is 0 Å². The van der Waals surface area contributed by atoms with E-state index in [1.165, 1.54) is 6.07 Å². The molecule has 0 amide bonds. The molecule has 1 unspecified atom stereocenters. The Morgan fingerprint density at radius 3 is 2.53 bits per heavy atom. The Hall–Kier alpha value is -1.74. The Labute approximate surface area is 117 Å². The second kappa shape index (κ2) is 5.49. The normalized spacial score (nSPS) is 12.2. The van der Waals surface area contributed by atoms with E-state index in [2.05, 4.69) is 0 Å². The van der Waals surface area contributed by atoms with E-state index in [1.54, 1.807) is 24.3 Å². The number of rotatable bonds is 3. The first-order chi connectivity index (χ1) is 9.00. The zero-order chi connectivity index (χ0) is 14.0. The lowest BCUT2D eigenvalue weighted by Crippen LogP contribution is -2.23. The van der Waals surface area contributed by atoms with E-state index in [0.29, 0.717) is 16.3 Å². The largest absolute Gasteiger partial charge is 0.397 e. The van der Waals surface area contributed by atoms with Crippen LogP contribution in [-0.4, -0.2) is 7.05 Å². The molecule has 0 aromatic heterocycles. The molecule has 0 fully saturated rings. The second-order valence-electron chi connectivity index (χ2n) is 4.51. The van der Waals surface area contributed by atoms with Crippen molar-refractivity contribution in [1.82, 2.24) is 0 Å². The summed E-state index contributed by atoms with van der Waals surface area (Å²) in [7, 11) is 1.89. The minimum absolute atomic E-state index is 0.121. The summed E-state index contributed by atoms with van der Waals surface area (Å²) in [5.41, 5.74) is 8.01. The Kier molecular flexibility index (Phi) is 3.96. The van der Waals surface area contributed by atoms with Crippen molar-refractivity contribution in [2.45, 2.75) is 13.0 Å². The van der Waals surface area contributed by atoms with Crippen LogP contribution >= 0.6 is 11.6 Å². The summed E-state index contributed by atoms with van der Waals surface area (Å²) in [5, 5.41) is 0.591. The highest BCUT2D eigenvalue weighted by Gasteiger charge is 2.17. The maximum Gasteiger partial charge on any atom is 0.128 e. The maximum absolute atomic E-state index is 13.8. The van der Waals surface area contributed by atoms with Crippen molar-refractivity contribution >= 4 is 23.0 Å². The third-order valence-electron chi connectivity index (χ3n) is 3.31. The SMILES string of the molecule is CC(c1ccccc1F)N(C)c1ccc(Cl)cc1N. The van der Waals surface area contributed by atoms with Gasteiger partial charge in [0.15, 0.2) is 0 Å². The smallest absolute Gasteiger partial charge is 0.128 e. The fraction of sp³-hybridized carbons (Fsp3) is 0.200. The predicted octanol–water partition coefficient (Wildman–Crippen LogP) is 4.26. The molecule has 0 aliphatic heterocycles. The van der Waals surface area contributed by atoms with Crippen molar-refractivity contribution in [3.05, 3.63) is 58.9 Å². The quantitative estimate of drug-likeness (QED) is 0.850. The van der Waals surface area contributed by atoms with Gasteiger partial charge in [-0.1, -0.05) is 29.8 Å². The van der Waals surface area contributed by atoms with Crippen LogP contribution in [0.3, 0.4) is 0 Å². The predicted molar refractivity (Wildman–Crippen MR) is 79.1 cm³/mol. The van der Waals surface area contributed by atoms with Crippen LogP contribution in [-0.2, 0) is 0 Å². The minimum Gasteiger partial charge on any atom is -0.397 e. The molecule has 0 heterocycles. The fourth-order valence-corrected chi connectivity index (χ4v) is 2.26. The highest BCUT2D eigenvalue weighted by Crippen LogP contribution is 2.32. The summed E-state index contributed by atoms with van der Waals surface area (Å²) in [4.78, 5) is 1.93. The van der Waals surface area contributed by atoms with Gasteiger partial charge in [-0.3, -0.25) is 0 Å². The number of nitrogens with two attached hydrogens (primary N) is 1. The molecule has 0 aliphatic carbocycles. The summed E-state index contributed by atoms with van der Waals surface area (Å²) in [6.07, 6.45) is 0. The van der Waals surface area contributed by atoms with E-state index >= 15 is 0 Å². The van der Waals surface area contributed by atoms with Gasteiger partial charge in [0.05, 0.1) is 17.4 Å². The first kappa shape index (κ1) is 13.7. The van der Waals surface area contributed by atoms with Crippen LogP contribution in [0.15, 0.2) is 42.5 Å². The molecule has 0 aliphatic rings. The molecule has 19 heavy (non-hydrogen) atoms. The highest BCUT2D eigenvalue weighted by molar-refractivity contribution is 6.31. The topological polar surface area (TPSA) is 29.3 Å². The first-order valence-corrected chi connectivity index (χ1v) is 6.41. The van der Waals surface area contributed by atoms with E-state index < -0.39 is 0 Å². The molecular formula is C15H16ClFN2. The molecule has 4 heteroatoms. The molecule has 2 N–H and O–H groups in total. The number of nitrogens with zero attached hydrogens (tertiary/aromatic N) is 1. The molecule has 2 aromatic carbocycles. The molecule has 1 atom stereocenters. The summed E-state index contributed by atoms with van der Waals surface area (Å²) >= 11 is 5.88. The Morgan fingerprint density at radius 1 is 1.21 bits per heavy atom. The number of benzene rings is 2. The van der Waals surface area contributed by atoms with Gasteiger partial charge in [0.2, 0.25) is 0 Å². The van der Waals surface area contributed by atoms with Gasteiger partial charge in [-0.15, -0.1) is 0 Å². The van der Waals surface area contributed by atoms with E-state index in [4.69, 9.17) is 17.3 Å². The van der Waals surface area contributed by atoms with Gasteiger partial charge in [-0.2, -0.15) is 0 Å². The third kappa shape index (κ3) is 2.82. The number of halogens is 2. The molecule has 2 aromatic rings.